The van der Waals surface area contributed by atoms with E-state index in [1.54, 1.807) is 0 Å². The van der Waals surface area contributed by atoms with Crippen molar-refractivity contribution < 1.29 is 39.2 Å². The van der Waals surface area contributed by atoms with Gasteiger partial charge < -0.3 is 20.1 Å². The third-order valence-corrected chi connectivity index (χ3v) is 17.7. The van der Waals surface area contributed by atoms with Crippen LogP contribution in [0, 0.1) is 5.41 Å². The highest BCUT2D eigenvalue weighted by molar-refractivity contribution is 7.99. The molecule has 0 amide bonds. The molecule has 0 unspecified atom stereocenters. The SMILES string of the molecule is CCCCCCCCCCCCCCCCCCC(CCCCCCCCCCCCCCCCCC)(CSCCC(=O)O)C(=O)O.CCCCCCCCCCCCCCCCCCOC(=O)CCSCCC(=O)O. The van der Waals surface area contributed by atoms with Gasteiger partial charge >= 0.3 is 23.9 Å². The summed E-state index contributed by atoms with van der Waals surface area (Å²) in [5, 5.41) is 27.9. The Morgan fingerprint density at radius 2 is 0.553 bits per heavy atom. The predicted octanol–water partition coefficient (Wildman–Crippen LogP) is 22.0. The first-order chi connectivity index (χ1) is 37.1. The van der Waals surface area contributed by atoms with Crippen LogP contribution in [0.4, 0.5) is 0 Å². The van der Waals surface area contributed by atoms with Gasteiger partial charge in [-0.3, -0.25) is 19.2 Å². The third kappa shape index (κ3) is 61.8. The van der Waals surface area contributed by atoms with Gasteiger partial charge in [0.25, 0.3) is 0 Å². The molecule has 0 aromatic carbocycles. The summed E-state index contributed by atoms with van der Waals surface area (Å²) in [7, 11) is 0. The highest BCUT2D eigenvalue weighted by atomic mass is 32.2. The van der Waals surface area contributed by atoms with Crippen molar-refractivity contribution in [1.82, 2.24) is 0 Å². The van der Waals surface area contributed by atoms with Gasteiger partial charge in [-0.15, -0.1) is 0 Å². The van der Waals surface area contributed by atoms with E-state index in [1.807, 2.05) is 0 Å². The third-order valence-electron chi connectivity index (χ3n) is 15.5. The Kier molecular flexibility index (Phi) is 65.0. The van der Waals surface area contributed by atoms with E-state index in [4.69, 9.17) is 14.9 Å². The smallest absolute Gasteiger partial charge is 0.310 e. The molecule has 452 valence electrons. The van der Waals surface area contributed by atoms with Gasteiger partial charge in [0, 0.05) is 23.0 Å². The van der Waals surface area contributed by atoms with Crippen LogP contribution >= 0.6 is 23.5 Å². The van der Waals surface area contributed by atoms with E-state index >= 15 is 0 Å². The highest BCUT2D eigenvalue weighted by Gasteiger charge is 2.37. The Morgan fingerprint density at radius 3 is 0.816 bits per heavy atom. The number of unbranched alkanes of at least 4 members (excludes halogenated alkanes) is 45. The molecule has 0 radical (unpaired) electrons. The highest BCUT2D eigenvalue weighted by Crippen LogP contribution is 2.36. The van der Waals surface area contributed by atoms with Crippen LogP contribution in [0.2, 0.25) is 0 Å². The zero-order chi connectivity index (χ0) is 55.9. The molecular weight excluding hydrogens is 985 g/mol. The Hall–Kier alpha value is -1.42. The van der Waals surface area contributed by atoms with Gasteiger partial charge in [-0.25, -0.2) is 0 Å². The van der Waals surface area contributed by atoms with Crippen LogP contribution in [-0.4, -0.2) is 68.8 Å². The molecule has 0 saturated heterocycles. The number of rotatable bonds is 63. The fourth-order valence-corrected chi connectivity index (χ4v) is 12.4. The lowest BCUT2D eigenvalue weighted by Gasteiger charge is -2.29. The second kappa shape index (κ2) is 64.4. The molecule has 0 aliphatic rings. The molecule has 0 heterocycles. The minimum atomic E-state index is -0.797. The van der Waals surface area contributed by atoms with Crippen LogP contribution in [0.25, 0.3) is 0 Å². The molecule has 3 N–H and O–H groups in total. The number of aliphatic carboxylic acids is 3. The summed E-state index contributed by atoms with van der Waals surface area (Å²) in [5.74, 6) is -0.157. The molecule has 0 bridgehead atoms. The lowest BCUT2D eigenvalue weighted by atomic mass is 9.79. The average molecular weight is 1110 g/mol. The molecule has 0 saturated carbocycles. The molecule has 10 heteroatoms. The van der Waals surface area contributed by atoms with Gasteiger partial charge in [0.05, 0.1) is 31.3 Å². The Balaban J connectivity index is 0. The molecule has 0 fully saturated rings. The number of hydrogen-bond acceptors (Lipinski definition) is 7. The molecule has 0 aliphatic heterocycles. The quantitative estimate of drug-likeness (QED) is 0.0399. The number of carbonyl (C=O) groups is 4. The van der Waals surface area contributed by atoms with Gasteiger partial charge in [0.15, 0.2) is 0 Å². The summed E-state index contributed by atoms with van der Waals surface area (Å²) in [6, 6.07) is 0. The van der Waals surface area contributed by atoms with Gasteiger partial charge in [-0.2, -0.15) is 23.5 Å². The molecule has 0 aromatic rings. The van der Waals surface area contributed by atoms with Crippen molar-refractivity contribution in [2.45, 2.75) is 361 Å². The van der Waals surface area contributed by atoms with Gasteiger partial charge in [0.1, 0.15) is 0 Å². The largest absolute Gasteiger partial charge is 0.481 e. The average Bonchev–Trinajstić information content (AvgIpc) is 3.40. The summed E-state index contributed by atoms with van der Waals surface area (Å²) < 4.78 is 5.22. The van der Waals surface area contributed by atoms with Crippen molar-refractivity contribution in [3.8, 4) is 0 Å². The number of hydrogen-bond donors (Lipinski definition) is 3. The van der Waals surface area contributed by atoms with E-state index in [0.717, 1.165) is 51.4 Å². The molecule has 0 rings (SSSR count). The maximum absolute atomic E-state index is 12.6. The number of esters is 1. The van der Waals surface area contributed by atoms with Crippen molar-refractivity contribution in [3.05, 3.63) is 0 Å². The first kappa shape index (κ1) is 76.6. The second-order valence-corrected chi connectivity index (χ2v) is 25.2. The van der Waals surface area contributed by atoms with Crippen molar-refractivity contribution in [3.63, 3.8) is 0 Å². The van der Waals surface area contributed by atoms with Crippen molar-refractivity contribution in [2.24, 2.45) is 5.41 Å². The van der Waals surface area contributed by atoms with Crippen LogP contribution in [0.3, 0.4) is 0 Å². The Morgan fingerprint density at radius 1 is 0.316 bits per heavy atom. The van der Waals surface area contributed by atoms with Crippen LogP contribution in [0.15, 0.2) is 0 Å². The first-order valence-corrected chi connectivity index (χ1v) is 35.4. The predicted molar refractivity (Wildman–Crippen MR) is 333 cm³/mol. The van der Waals surface area contributed by atoms with E-state index in [-0.39, 0.29) is 18.8 Å². The summed E-state index contributed by atoms with van der Waals surface area (Å²) in [6.45, 7) is 7.36. The number of carboxylic acids is 3. The zero-order valence-corrected chi connectivity index (χ0v) is 52.3. The Bertz CT molecular complexity index is 1180. The number of ether oxygens (including phenoxy) is 1. The van der Waals surface area contributed by atoms with Crippen LogP contribution < -0.4 is 0 Å². The summed E-state index contributed by atoms with van der Waals surface area (Å²) in [4.78, 5) is 45.5. The van der Waals surface area contributed by atoms with E-state index in [1.165, 1.54) is 293 Å². The van der Waals surface area contributed by atoms with Crippen LogP contribution in [-0.2, 0) is 23.9 Å². The van der Waals surface area contributed by atoms with E-state index in [9.17, 15) is 24.3 Å². The van der Waals surface area contributed by atoms with Crippen LogP contribution in [0.5, 0.6) is 0 Å². The fraction of sp³-hybridized carbons (Fsp3) is 0.939. The first-order valence-electron chi connectivity index (χ1n) is 33.1. The molecular formula is C66H128O8S2. The van der Waals surface area contributed by atoms with Crippen molar-refractivity contribution in [2.75, 3.05) is 29.6 Å². The fourth-order valence-electron chi connectivity index (χ4n) is 10.3. The minimum absolute atomic E-state index is 0.110. The van der Waals surface area contributed by atoms with Crippen LogP contribution in [0.1, 0.15) is 361 Å². The number of carboxylic acid groups (broad SMARTS) is 3. The topological polar surface area (TPSA) is 138 Å². The maximum atomic E-state index is 12.6. The maximum Gasteiger partial charge on any atom is 0.310 e. The molecule has 0 aliphatic carbocycles. The number of thioether (sulfide) groups is 2. The lowest BCUT2D eigenvalue weighted by Crippen LogP contribution is -2.34. The molecule has 76 heavy (non-hydrogen) atoms. The zero-order valence-electron chi connectivity index (χ0n) is 50.7. The summed E-state index contributed by atoms with van der Waals surface area (Å²) in [6.07, 6.45) is 65.9. The lowest BCUT2D eigenvalue weighted by molar-refractivity contribution is -0.148. The monoisotopic (exact) mass is 1110 g/mol. The van der Waals surface area contributed by atoms with Gasteiger partial charge in [0.2, 0.25) is 0 Å². The van der Waals surface area contributed by atoms with Crippen molar-refractivity contribution >= 4 is 47.4 Å². The minimum Gasteiger partial charge on any atom is -0.481 e. The Labute approximate surface area is 480 Å². The molecule has 0 atom stereocenters. The van der Waals surface area contributed by atoms with E-state index < -0.39 is 23.3 Å². The van der Waals surface area contributed by atoms with Crippen molar-refractivity contribution in [1.29, 1.82) is 0 Å². The summed E-state index contributed by atoms with van der Waals surface area (Å²) in [5.41, 5.74) is -0.699. The normalized spacial score (nSPS) is 11.5. The summed E-state index contributed by atoms with van der Waals surface area (Å²) >= 11 is 3.03. The molecule has 8 nitrogen and oxygen atoms in total. The van der Waals surface area contributed by atoms with Gasteiger partial charge in [-0.05, 0) is 19.3 Å². The van der Waals surface area contributed by atoms with Gasteiger partial charge in [-0.1, -0.05) is 323 Å². The molecule has 0 aromatic heterocycles. The number of carbonyl (C=O) groups excluding carboxylic acids is 1. The standard InChI is InChI=1S/C42H82O4S.C24H46O4S/c1-3-5-7-9-11-13-15-17-19-21-23-25-27-29-31-33-36-42(41(45)46,39-47-38-35-40(43)44)37-34-32-30-28-26-24-22-20-18-16-14-12-10-8-6-4-2;1-2-3-4-5-6-7-8-9-10-11-12-13-14-15-16-17-20-28-24(27)19-22-29-21-18-23(25)26/h3-39H2,1-2H3,(H,43,44)(H,45,46);2-22H2,1H3,(H,25,26). The van der Waals surface area contributed by atoms with E-state index in [0.29, 0.717) is 36.0 Å². The van der Waals surface area contributed by atoms with E-state index in [2.05, 4.69) is 20.8 Å². The molecule has 0 spiro atoms. The second-order valence-electron chi connectivity index (χ2n) is 22.9.